The van der Waals surface area contributed by atoms with Crippen LogP contribution in [0.5, 0.6) is 5.75 Å². The summed E-state index contributed by atoms with van der Waals surface area (Å²) in [6, 6.07) is 11.3. The Morgan fingerprint density at radius 1 is 1.12 bits per heavy atom. The van der Waals surface area contributed by atoms with Crippen LogP contribution in [0.3, 0.4) is 0 Å². The maximum atomic E-state index is 13.7. The van der Waals surface area contributed by atoms with E-state index in [0.717, 1.165) is 31.2 Å². The van der Waals surface area contributed by atoms with E-state index < -0.39 is 12.0 Å². The molecule has 1 heterocycles. The van der Waals surface area contributed by atoms with Crippen LogP contribution in [0.25, 0.3) is 0 Å². The van der Waals surface area contributed by atoms with Crippen molar-refractivity contribution >= 4 is 23.6 Å². The van der Waals surface area contributed by atoms with Crippen molar-refractivity contribution in [3.8, 4) is 5.75 Å². The first-order valence-electron chi connectivity index (χ1n) is 14.5. The average Bonchev–Trinajstić information content (AvgIpc) is 2.95. The first-order chi connectivity index (χ1) is 19.7. The van der Waals surface area contributed by atoms with Crippen molar-refractivity contribution in [2.75, 3.05) is 32.1 Å². The summed E-state index contributed by atoms with van der Waals surface area (Å²) in [6.45, 7) is 5.13. The quantitative estimate of drug-likeness (QED) is 0.358. The van der Waals surface area contributed by atoms with E-state index >= 15 is 0 Å². The fourth-order valence-electron chi connectivity index (χ4n) is 5.59. The molecule has 10 heteroatoms. The van der Waals surface area contributed by atoms with Crippen LogP contribution < -0.4 is 15.4 Å². The molecule has 0 spiro atoms. The van der Waals surface area contributed by atoms with Gasteiger partial charge in [0.1, 0.15) is 6.10 Å². The van der Waals surface area contributed by atoms with Crippen LogP contribution in [0.1, 0.15) is 72.2 Å². The number of para-hydroxylation sites is 1. The number of benzene rings is 2. The highest BCUT2D eigenvalue weighted by Gasteiger charge is 2.34. The number of ether oxygens (including phenoxy) is 1. The summed E-state index contributed by atoms with van der Waals surface area (Å²) >= 11 is 0. The molecule has 4 rings (SSSR count). The van der Waals surface area contributed by atoms with E-state index in [0.29, 0.717) is 36.6 Å². The maximum absolute atomic E-state index is 13.7. The summed E-state index contributed by atoms with van der Waals surface area (Å²) in [7, 11) is 1.96. The molecule has 1 aliphatic heterocycles. The summed E-state index contributed by atoms with van der Waals surface area (Å²) in [4.78, 5) is 41.6. The number of rotatable bonds is 9. The molecule has 0 unspecified atom stereocenters. The Morgan fingerprint density at radius 3 is 2.49 bits per heavy atom. The molecule has 2 aromatic rings. The van der Waals surface area contributed by atoms with Gasteiger partial charge < -0.3 is 30.5 Å². The zero-order valence-corrected chi connectivity index (χ0v) is 24.1. The molecule has 4 N–H and O–H groups in total. The van der Waals surface area contributed by atoms with Crippen LogP contribution in [0.15, 0.2) is 42.5 Å². The number of aliphatic hydroxyl groups excluding tert-OH is 1. The molecular formula is C31H42N4O6. The van der Waals surface area contributed by atoms with Crippen LogP contribution in [0, 0.1) is 5.92 Å². The number of nitrogens with zero attached hydrogens (tertiary/aromatic N) is 2. The fraction of sp³-hybridized carbons (Fsp3) is 0.516. The minimum atomic E-state index is -0.964. The SMILES string of the molecule is C[C@@H]1CN([C@@H](C)CO)C(=O)c2cccc(NC(=O)NC3CCCCC3)c2O[C@@H]1CN(C)Cc1ccc(C(=O)O)cc1. The van der Waals surface area contributed by atoms with E-state index in [1.807, 2.05) is 20.9 Å². The number of hydrogen-bond acceptors (Lipinski definition) is 6. The van der Waals surface area contributed by atoms with Gasteiger partial charge in [0, 0.05) is 31.6 Å². The van der Waals surface area contributed by atoms with Crippen molar-refractivity contribution in [1.29, 1.82) is 0 Å². The molecule has 0 radical (unpaired) electrons. The van der Waals surface area contributed by atoms with Crippen molar-refractivity contribution in [2.45, 2.75) is 70.7 Å². The number of likely N-dealkylation sites (N-methyl/N-ethyl adjacent to an activating group) is 1. The fourth-order valence-corrected chi connectivity index (χ4v) is 5.59. The number of carbonyl (C=O) groups excluding carboxylic acids is 2. The Bertz CT molecular complexity index is 1210. The molecule has 1 saturated carbocycles. The zero-order valence-electron chi connectivity index (χ0n) is 24.1. The molecule has 0 saturated heterocycles. The number of urea groups is 1. The molecule has 3 atom stereocenters. The van der Waals surface area contributed by atoms with Crippen molar-refractivity contribution in [3.05, 3.63) is 59.2 Å². The number of aliphatic hydroxyl groups is 1. The van der Waals surface area contributed by atoms with Gasteiger partial charge >= 0.3 is 12.0 Å². The molecule has 2 aromatic carbocycles. The first-order valence-corrected chi connectivity index (χ1v) is 14.5. The van der Waals surface area contributed by atoms with Crippen LogP contribution in [0.2, 0.25) is 0 Å². The predicted molar refractivity (Wildman–Crippen MR) is 156 cm³/mol. The highest BCUT2D eigenvalue weighted by molar-refractivity contribution is 6.01. The normalized spacial score (nSPS) is 20.4. The van der Waals surface area contributed by atoms with Gasteiger partial charge in [0.2, 0.25) is 0 Å². The molecule has 222 valence electrons. The van der Waals surface area contributed by atoms with Gasteiger partial charge in [-0.3, -0.25) is 9.69 Å². The minimum absolute atomic E-state index is 0.0953. The van der Waals surface area contributed by atoms with Crippen molar-refractivity contribution in [3.63, 3.8) is 0 Å². The van der Waals surface area contributed by atoms with Crippen molar-refractivity contribution in [1.82, 2.24) is 15.1 Å². The highest BCUT2D eigenvalue weighted by Crippen LogP contribution is 2.35. The van der Waals surface area contributed by atoms with Gasteiger partial charge in [-0.15, -0.1) is 0 Å². The molecular weight excluding hydrogens is 524 g/mol. The van der Waals surface area contributed by atoms with E-state index in [4.69, 9.17) is 4.74 Å². The van der Waals surface area contributed by atoms with Gasteiger partial charge in [-0.2, -0.15) is 0 Å². The Kier molecular flexibility index (Phi) is 10.2. The monoisotopic (exact) mass is 566 g/mol. The second kappa shape index (κ2) is 13.8. The number of amides is 3. The largest absolute Gasteiger partial charge is 0.486 e. The standard InChI is InChI=1S/C31H42N4O6/c1-20-16-35(21(2)19-36)29(37)25-10-7-11-26(33-31(40)32-24-8-5-4-6-9-24)28(25)41-27(20)18-34(3)17-22-12-14-23(15-13-22)30(38)39/h7,10-15,20-21,24,27,36H,4-6,8-9,16-19H2,1-3H3,(H,38,39)(H2,32,33,40)/t20-,21+,27-/m1/s1. The zero-order chi connectivity index (χ0) is 29.5. The number of hydrogen-bond donors (Lipinski definition) is 4. The summed E-state index contributed by atoms with van der Waals surface area (Å²) in [5.74, 6) is -0.993. The topological polar surface area (TPSA) is 131 Å². The van der Waals surface area contributed by atoms with Gasteiger partial charge in [-0.05, 0) is 56.6 Å². The lowest BCUT2D eigenvalue weighted by molar-refractivity contribution is 0.0343. The smallest absolute Gasteiger partial charge is 0.335 e. The van der Waals surface area contributed by atoms with Crippen LogP contribution in [-0.4, -0.2) is 82.9 Å². The number of carboxylic acid groups (broad SMARTS) is 1. The Labute approximate surface area is 241 Å². The van der Waals surface area contributed by atoms with E-state index in [-0.39, 0.29) is 42.2 Å². The van der Waals surface area contributed by atoms with Gasteiger partial charge in [0.15, 0.2) is 5.75 Å². The van der Waals surface area contributed by atoms with Gasteiger partial charge in [0.05, 0.1) is 29.5 Å². The van der Waals surface area contributed by atoms with Crippen LogP contribution in [0.4, 0.5) is 10.5 Å². The maximum Gasteiger partial charge on any atom is 0.335 e. The summed E-state index contributed by atoms with van der Waals surface area (Å²) < 4.78 is 6.59. The number of carbonyl (C=O) groups is 3. The minimum Gasteiger partial charge on any atom is -0.486 e. The number of aromatic carboxylic acids is 1. The summed E-state index contributed by atoms with van der Waals surface area (Å²) in [5, 5.41) is 25.1. The first kappa shape index (κ1) is 30.3. The average molecular weight is 567 g/mol. The third-order valence-corrected chi connectivity index (χ3v) is 8.02. The van der Waals surface area contributed by atoms with Gasteiger partial charge in [-0.25, -0.2) is 9.59 Å². The summed E-state index contributed by atoms with van der Waals surface area (Å²) in [6.07, 6.45) is 4.94. The van der Waals surface area contributed by atoms with Crippen LogP contribution >= 0.6 is 0 Å². The number of carboxylic acids is 1. The molecule has 1 fully saturated rings. The second-order valence-corrected chi connectivity index (χ2v) is 11.4. The second-order valence-electron chi connectivity index (χ2n) is 11.4. The van der Waals surface area contributed by atoms with E-state index in [9.17, 15) is 24.6 Å². The van der Waals surface area contributed by atoms with E-state index in [1.165, 1.54) is 6.42 Å². The van der Waals surface area contributed by atoms with E-state index in [2.05, 4.69) is 15.5 Å². The Morgan fingerprint density at radius 2 is 1.83 bits per heavy atom. The molecule has 1 aliphatic carbocycles. The summed E-state index contributed by atoms with van der Waals surface area (Å²) in [5.41, 5.74) is 1.96. The molecule has 0 bridgehead atoms. The van der Waals surface area contributed by atoms with Crippen molar-refractivity contribution in [2.24, 2.45) is 5.92 Å². The Hall–Kier alpha value is -3.63. The molecule has 2 aliphatic rings. The third-order valence-electron chi connectivity index (χ3n) is 8.02. The van der Waals surface area contributed by atoms with Gasteiger partial charge in [0.25, 0.3) is 5.91 Å². The van der Waals surface area contributed by atoms with Crippen LogP contribution in [-0.2, 0) is 6.54 Å². The number of nitrogens with one attached hydrogen (secondary N) is 2. The third kappa shape index (κ3) is 7.77. The van der Waals surface area contributed by atoms with Gasteiger partial charge in [-0.1, -0.05) is 44.4 Å². The molecule has 41 heavy (non-hydrogen) atoms. The highest BCUT2D eigenvalue weighted by atomic mass is 16.5. The number of anilines is 1. The Balaban J connectivity index is 1.58. The lowest BCUT2D eigenvalue weighted by atomic mass is 9.96. The molecule has 3 amide bonds. The molecule has 10 nitrogen and oxygen atoms in total. The predicted octanol–water partition coefficient (Wildman–Crippen LogP) is 4.19. The molecule has 0 aromatic heterocycles. The van der Waals surface area contributed by atoms with Crippen molar-refractivity contribution < 1.29 is 29.3 Å². The lowest BCUT2D eigenvalue weighted by Gasteiger charge is -2.38. The van der Waals surface area contributed by atoms with E-state index in [1.54, 1.807) is 47.4 Å². The number of fused-ring (bicyclic) bond motifs is 1. The lowest BCUT2D eigenvalue weighted by Crippen LogP contribution is -2.50.